The molecular weight excluding hydrogens is 324 g/mol. The first-order chi connectivity index (χ1) is 12.1. The van der Waals surface area contributed by atoms with Crippen LogP contribution in [0.1, 0.15) is 6.92 Å². The Balaban J connectivity index is 1.54. The molecule has 1 N–H and O–H groups in total. The van der Waals surface area contributed by atoms with Crippen molar-refractivity contribution in [1.29, 1.82) is 0 Å². The average Bonchev–Trinajstić information content (AvgIpc) is 3.01. The SMILES string of the molecule is C[C@H]1Oc2ccccc2N(CC(=O)Nc2nc3ncccn3n2)C1=O. The molecule has 2 aromatic heterocycles. The molecule has 1 aliphatic rings. The van der Waals surface area contributed by atoms with Crippen molar-refractivity contribution in [2.75, 3.05) is 16.8 Å². The average molecular weight is 338 g/mol. The van der Waals surface area contributed by atoms with Crippen LogP contribution in [0.3, 0.4) is 0 Å². The molecule has 0 radical (unpaired) electrons. The van der Waals surface area contributed by atoms with Crippen LogP contribution in [0, 0.1) is 0 Å². The van der Waals surface area contributed by atoms with E-state index in [9.17, 15) is 9.59 Å². The van der Waals surface area contributed by atoms with Crippen molar-refractivity contribution < 1.29 is 14.3 Å². The smallest absolute Gasteiger partial charge is 0.268 e. The van der Waals surface area contributed by atoms with Gasteiger partial charge in [0.15, 0.2) is 6.10 Å². The van der Waals surface area contributed by atoms with E-state index in [1.807, 2.05) is 6.07 Å². The zero-order valence-corrected chi connectivity index (χ0v) is 13.3. The number of rotatable bonds is 3. The Morgan fingerprint density at radius 1 is 1.32 bits per heavy atom. The minimum Gasteiger partial charge on any atom is -0.479 e. The molecule has 126 valence electrons. The summed E-state index contributed by atoms with van der Waals surface area (Å²) < 4.78 is 7.01. The Labute approximate surface area is 142 Å². The van der Waals surface area contributed by atoms with Crippen LogP contribution in [0.25, 0.3) is 5.78 Å². The van der Waals surface area contributed by atoms with Crippen molar-refractivity contribution in [3.05, 3.63) is 42.7 Å². The summed E-state index contributed by atoms with van der Waals surface area (Å²) in [5.74, 6) is 0.383. The first-order valence-electron chi connectivity index (χ1n) is 7.66. The van der Waals surface area contributed by atoms with Gasteiger partial charge >= 0.3 is 0 Å². The molecule has 1 aromatic carbocycles. The summed E-state index contributed by atoms with van der Waals surface area (Å²) in [5.41, 5.74) is 0.561. The van der Waals surface area contributed by atoms with Crippen LogP contribution in [0.4, 0.5) is 11.6 Å². The maximum absolute atomic E-state index is 12.4. The van der Waals surface area contributed by atoms with Gasteiger partial charge in [0.1, 0.15) is 12.3 Å². The largest absolute Gasteiger partial charge is 0.479 e. The van der Waals surface area contributed by atoms with Gasteiger partial charge in [-0.2, -0.15) is 4.98 Å². The second kappa shape index (κ2) is 5.86. The summed E-state index contributed by atoms with van der Waals surface area (Å²) >= 11 is 0. The van der Waals surface area contributed by atoms with Gasteiger partial charge in [0.25, 0.3) is 17.6 Å². The van der Waals surface area contributed by atoms with E-state index in [1.165, 1.54) is 9.42 Å². The predicted molar refractivity (Wildman–Crippen MR) is 88.3 cm³/mol. The molecule has 0 aliphatic carbocycles. The van der Waals surface area contributed by atoms with E-state index in [1.54, 1.807) is 43.6 Å². The summed E-state index contributed by atoms with van der Waals surface area (Å²) in [5, 5.41) is 6.70. The summed E-state index contributed by atoms with van der Waals surface area (Å²) in [6, 6.07) is 8.80. The number of ether oxygens (including phenoxy) is 1. The fraction of sp³-hybridized carbons (Fsp3) is 0.188. The highest BCUT2D eigenvalue weighted by Crippen LogP contribution is 2.33. The summed E-state index contributed by atoms with van der Waals surface area (Å²) in [6.07, 6.45) is 2.61. The van der Waals surface area contributed by atoms with Crippen LogP contribution in [0.2, 0.25) is 0 Å². The number of benzene rings is 1. The van der Waals surface area contributed by atoms with Crippen molar-refractivity contribution in [2.45, 2.75) is 13.0 Å². The lowest BCUT2D eigenvalue weighted by Gasteiger charge is -2.32. The Morgan fingerprint density at radius 2 is 2.16 bits per heavy atom. The van der Waals surface area contributed by atoms with E-state index in [-0.39, 0.29) is 18.4 Å². The van der Waals surface area contributed by atoms with E-state index in [2.05, 4.69) is 20.4 Å². The number of fused-ring (bicyclic) bond motifs is 2. The Morgan fingerprint density at radius 3 is 3.00 bits per heavy atom. The van der Waals surface area contributed by atoms with Gasteiger partial charge in [-0.3, -0.25) is 19.8 Å². The van der Waals surface area contributed by atoms with E-state index in [0.717, 1.165) is 0 Å². The number of aromatic nitrogens is 4. The second-order valence-corrected chi connectivity index (χ2v) is 5.50. The van der Waals surface area contributed by atoms with E-state index in [0.29, 0.717) is 17.2 Å². The molecule has 0 fully saturated rings. The Bertz CT molecular complexity index is 936. The first kappa shape index (κ1) is 15.1. The second-order valence-electron chi connectivity index (χ2n) is 5.50. The summed E-state index contributed by atoms with van der Waals surface area (Å²) in [7, 11) is 0. The minimum atomic E-state index is -0.653. The number of hydrogen-bond donors (Lipinski definition) is 1. The van der Waals surface area contributed by atoms with E-state index >= 15 is 0 Å². The zero-order valence-electron chi connectivity index (χ0n) is 13.3. The van der Waals surface area contributed by atoms with Crippen LogP contribution < -0.4 is 15.0 Å². The van der Waals surface area contributed by atoms with Gasteiger partial charge in [-0.15, -0.1) is 5.10 Å². The number of carbonyl (C=O) groups is 2. The molecular formula is C16H14N6O3. The lowest BCUT2D eigenvalue weighted by Crippen LogP contribution is -2.47. The monoisotopic (exact) mass is 338 g/mol. The standard InChI is InChI=1S/C16H14N6O3/c1-10-14(24)21(11-5-2-3-6-12(11)25-10)9-13(23)18-15-19-16-17-7-4-8-22(16)20-15/h2-8,10H,9H2,1H3,(H,18,20,23)/t10-/m1/s1. The number of carbonyl (C=O) groups excluding carboxylic acids is 2. The van der Waals surface area contributed by atoms with Crippen LogP contribution in [-0.4, -0.2) is 44.0 Å². The van der Waals surface area contributed by atoms with Gasteiger partial charge < -0.3 is 4.74 Å². The van der Waals surface area contributed by atoms with Crippen LogP contribution in [0.15, 0.2) is 42.7 Å². The van der Waals surface area contributed by atoms with Crippen LogP contribution in [-0.2, 0) is 9.59 Å². The highest BCUT2D eigenvalue weighted by atomic mass is 16.5. The van der Waals surface area contributed by atoms with Gasteiger partial charge in [0.2, 0.25) is 5.91 Å². The topological polar surface area (TPSA) is 102 Å². The molecule has 9 heteroatoms. The third-order valence-corrected chi connectivity index (χ3v) is 3.74. The predicted octanol–water partition coefficient (Wildman–Crippen LogP) is 0.877. The molecule has 2 amide bonds. The fourth-order valence-corrected chi connectivity index (χ4v) is 2.62. The molecule has 4 rings (SSSR count). The zero-order chi connectivity index (χ0) is 17.4. The van der Waals surface area contributed by atoms with Crippen molar-refractivity contribution >= 4 is 29.2 Å². The van der Waals surface area contributed by atoms with Crippen LogP contribution >= 0.6 is 0 Å². The number of anilines is 2. The molecule has 25 heavy (non-hydrogen) atoms. The Kier molecular flexibility index (Phi) is 3.53. The quantitative estimate of drug-likeness (QED) is 0.760. The highest BCUT2D eigenvalue weighted by molar-refractivity contribution is 6.05. The molecule has 9 nitrogen and oxygen atoms in total. The van der Waals surface area contributed by atoms with Crippen molar-refractivity contribution in [1.82, 2.24) is 19.6 Å². The molecule has 3 aromatic rings. The van der Waals surface area contributed by atoms with Gasteiger partial charge in [0.05, 0.1) is 5.69 Å². The third-order valence-electron chi connectivity index (χ3n) is 3.74. The first-order valence-corrected chi connectivity index (χ1v) is 7.66. The molecule has 0 unspecified atom stereocenters. The van der Waals surface area contributed by atoms with Gasteiger partial charge in [-0.1, -0.05) is 12.1 Å². The molecule has 0 saturated carbocycles. The van der Waals surface area contributed by atoms with E-state index < -0.39 is 12.0 Å². The lowest BCUT2D eigenvalue weighted by molar-refractivity contribution is -0.127. The van der Waals surface area contributed by atoms with Gasteiger partial charge in [-0.25, -0.2) is 9.50 Å². The fourth-order valence-electron chi connectivity index (χ4n) is 2.62. The number of nitrogens with one attached hydrogen (secondary N) is 1. The van der Waals surface area contributed by atoms with Crippen molar-refractivity contribution in [2.24, 2.45) is 0 Å². The number of nitrogens with zero attached hydrogens (tertiary/aromatic N) is 5. The number of para-hydroxylation sites is 2. The number of hydrogen-bond acceptors (Lipinski definition) is 6. The summed E-state index contributed by atoms with van der Waals surface area (Å²) in [4.78, 5) is 34.3. The molecule has 1 aliphatic heterocycles. The molecule has 1 atom stereocenters. The van der Waals surface area contributed by atoms with Crippen LogP contribution in [0.5, 0.6) is 5.75 Å². The molecule has 0 bridgehead atoms. The Hall–Kier alpha value is -3.49. The molecule has 0 saturated heterocycles. The van der Waals surface area contributed by atoms with Crippen molar-refractivity contribution in [3.8, 4) is 5.75 Å². The minimum absolute atomic E-state index is 0.130. The molecule has 0 spiro atoms. The number of amides is 2. The lowest BCUT2D eigenvalue weighted by atomic mass is 10.2. The highest BCUT2D eigenvalue weighted by Gasteiger charge is 2.32. The summed E-state index contributed by atoms with van der Waals surface area (Å²) in [6.45, 7) is 1.49. The van der Waals surface area contributed by atoms with E-state index in [4.69, 9.17) is 4.74 Å². The maximum atomic E-state index is 12.4. The normalized spacial score (nSPS) is 16.4. The maximum Gasteiger partial charge on any atom is 0.268 e. The molecule has 3 heterocycles. The van der Waals surface area contributed by atoms with Gasteiger partial charge in [-0.05, 0) is 25.1 Å². The van der Waals surface area contributed by atoms with Crippen molar-refractivity contribution in [3.63, 3.8) is 0 Å². The third kappa shape index (κ3) is 2.75. The van der Waals surface area contributed by atoms with Gasteiger partial charge in [0, 0.05) is 12.4 Å².